The third-order valence-corrected chi connectivity index (χ3v) is 4.47. The van der Waals surface area contributed by atoms with Gasteiger partial charge in [-0.15, -0.1) is 0 Å². The minimum absolute atomic E-state index is 0.251. The van der Waals surface area contributed by atoms with Gasteiger partial charge in [-0.1, -0.05) is 0 Å². The van der Waals surface area contributed by atoms with Gasteiger partial charge >= 0.3 is 0 Å². The Bertz CT molecular complexity index is 350. The summed E-state index contributed by atoms with van der Waals surface area (Å²) in [5, 5.41) is 11.3. The molecule has 1 heterocycles. The Morgan fingerprint density at radius 1 is 1.53 bits per heavy atom. The first kappa shape index (κ1) is 12.4. The van der Waals surface area contributed by atoms with Gasteiger partial charge in [0.15, 0.2) is 0 Å². The summed E-state index contributed by atoms with van der Waals surface area (Å²) in [7, 11) is -3.55. The molecule has 0 atom stereocenters. The lowest BCUT2D eigenvalue weighted by atomic mass is 10.0. The molecule has 0 aliphatic carbocycles. The molecule has 1 aliphatic rings. The number of carbonyl (C=O) groups excluding carboxylic acids is 1. The highest BCUT2D eigenvalue weighted by atomic mass is 32.2. The zero-order chi connectivity index (χ0) is 11.7. The molecule has 0 aromatic heterocycles. The largest absolute Gasteiger partial charge is 0.395 e. The van der Waals surface area contributed by atoms with E-state index in [9.17, 15) is 13.2 Å². The molecule has 1 fully saturated rings. The van der Waals surface area contributed by atoms with E-state index in [1.807, 2.05) is 0 Å². The van der Waals surface area contributed by atoms with Crippen LogP contribution in [0.5, 0.6) is 0 Å². The van der Waals surface area contributed by atoms with Crippen LogP contribution in [0.1, 0.15) is 13.8 Å². The third kappa shape index (κ3) is 2.30. The molecule has 0 saturated carbocycles. The van der Waals surface area contributed by atoms with E-state index in [1.165, 1.54) is 0 Å². The minimum Gasteiger partial charge on any atom is -0.395 e. The second kappa shape index (κ2) is 4.07. The first-order valence-corrected chi connectivity index (χ1v) is 6.33. The SMILES string of the molecule is CC1(C)C(=O)NCCN1S(=O)(=O)CCO. The fraction of sp³-hybridized carbons (Fsp3) is 0.875. The monoisotopic (exact) mass is 236 g/mol. The number of hydrogen-bond donors (Lipinski definition) is 2. The van der Waals surface area contributed by atoms with Crippen LogP contribution in [0.2, 0.25) is 0 Å². The van der Waals surface area contributed by atoms with Crippen LogP contribution in [0.25, 0.3) is 0 Å². The Balaban J connectivity index is 2.99. The highest BCUT2D eigenvalue weighted by molar-refractivity contribution is 7.89. The van der Waals surface area contributed by atoms with Gasteiger partial charge in [-0.2, -0.15) is 4.31 Å². The van der Waals surface area contributed by atoms with Crippen molar-refractivity contribution in [3.05, 3.63) is 0 Å². The standard InChI is InChI=1S/C8H16N2O4S/c1-8(2)7(12)9-3-4-10(8)15(13,14)6-5-11/h11H,3-6H2,1-2H3,(H,9,12). The third-order valence-electron chi connectivity index (χ3n) is 2.46. The fourth-order valence-electron chi connectivity index (χ4n) is 1.59. The number of rotatable bonds is 3. The van der Waals surface area contributed by atoms with Gasteiger partial charge < -0.3 is 10.4 Å². The van der Waals surface area contributed by atoms with E-state index in [1.54, 1.807) is 13.8 Å². The van der Waals surface area contributed by atoms with Crippen molar-refractivity contribution in [2.45, 2.75) is 19.4 Å². The van der Waals surface area contributed by atoms with E-state index in [0.29, 0.717) is 6.54 Å². The zero-order valence-electron chi connectivity index (χ0n) is 8.86. The van der Waals surface area contributed by atoms with E-state index in [0.717, 1.165) is 4.31 Å². The molecule has 0 aromatic carbocycles. The number of aliphatic hydroxyl groups excluding tert-OH is 1. The van der Waals surface area contributed by atoms with Crippen molar-refractivity contribution in [1.82, 2.24) is 9.62 Å². The summed E-state index contributed by atoms with van der Waals surface area (Å²) in [6.45, 7) is 3.23. The molecule has 0 unspecified atom stereocenters. The van der Waals surface area contributed by atoms with Gasteiger partial charge in [0.25, 0.3) is 0 Å². The lowest BCUT2D eigenvalue weighted by molar-refractivity contribution is -0.131. The number of piperazine rings is 1. The van der Waals surface area contributed by atoms with Gasteiger partial charge in [0, 0.05) is 13.1 Å². The zero-order valence-corrected chi connectivity index (χ0v) is 9.67. The summed E-state index contributed by atoms with van der Waals surface area (Å²) in [6, 6.07) is 0. The van der Waals surface area contributed by atoms with Crippen LogP contribution in [-0.2, 0) is 14.8 Å². The summed E-state index contributed by atoms with van der Waals surface area (Å²) in [5.74, 6) is -0.653. The molecule has 0 radical (unpaired) electrons. The molecule has 1 amide bonds. The Labute approximate surface area is 89.3 Å². The van der Waals surface area contributed by atoms with Crippen molar-refractivity contribution in [3.63, 3.8) is 0 Å². The number of hydrogen-bond acceptors (Lipinski definition) is 4. The van der Waals surface area contributed by atoms with Gasteiger partial charge in [0.1, 0.15) is 5.54 Å². The van der Waals surface area contributed by atoms with Gasteiger partial charge in [-0.05, 0) is 13.8 Å². The molecule has 2 N–H and O–H groups in total. The van der Waals surface area contributed by atoms with Crippen molar-refractivity contribution in [3.8, 4) is 0 Å². The minimum atomic E-state index is -3.55. The summed E-state index contributed by atoms with van der Waals surface area (Å²) < 4.78 is 24.6. The molecule has 0 aromatic rings. The number of aliphatic hydroxyl groups is 1. The second-order valence-corrected chi connectivity index (χ2v) is 5.94. The van der Waals surface area contributed by atoms with E-state index in [4.69, 9.17) is 5.11 Å². The maximum Gasteiger partial charge on any atom is 0.241 e. The number of carbonyl (C=O) groups is 1. The lowest BCUT2D eigenvalue weighted by Gasteiger charge is -2.39. The molecule has 15 heavy (non-hydrogen) atoms. The van der Waals surface area contributed by atoms with E-state index < -0.39 is 22.2 Å². The number of nitrogens with zero attached hydrogens (tertiary/aromatic N) is 1. The van der Waals surface area contributed by atoms with Crippen molar-refractivity contribution >= 4 is 15.9 Å². The average Bonchev–Trinajstić information content (AvgIpc) is 2.09. The normalized spacial score (nSPS) is 22.5. The molecular weight excluding hydrogens is 220 g/mol. The van der Waals surface area contributed by atoms with Crippen LogP contribution in [-0.4, -0.2) is 54.7 Å². The van der Waals surface area contributed by atoms with Crippen LogP contribution in [0, 0.1) is 0 Å². The van der Waals surface area contributed by atoms with Crippen LogP contribution in [0.4, 0.5) is 0 Å². The highest BCUT2D eigenvalue weighted by Gasteiger charge is 2.43. The number of sulfonamides is 1. The molecule has 1 rings (SSSR count). The molecule has 1 saturated heterocycles. The fourth-order valence-corrected chi connectivity index (χ4v) is 3.19. The van der Waals surface area contributed by atoms with Crippen LogP contribution >= 0.6 is 0 Å². The molecule has 88 valence electrons. The maximum atomic E-state index is 11.7. The molecule has 6 nitrogen and oxygen atoms in total. The van der Waals surface area contributed by atoms with E-state index in [-0.39, 0.29) is 18.2 Å². The van der Waals surface area contributed by atoms with Crippen LogP contribution in [0.3, 0.4) is 0 Å². The maximum absolute atomic E-state index is 11.7. The summed E-state index contributed by atoms with van der Waals surface area (Å²) >= 11 is 0. The first-order chi connectivity index (χ1) is 6.82. The van der Waals surface area contributed by atoms with Gasteiger partial charge in [-0.25, -0.2) is 8.42 Å². The van der Waals surface area contributed by atoms with Crippen LogP contribution in [0.15, 0.2) is 0 Å². The first-order valence-electron chi connectivity index (χ1n) is 4.72. The Kier molecular flexibility index (Phi) is 3.37. The predicted molar refractivity (Wildman–Crippen MR) is 54.7 cm³/mol. The summed E-state index contributed by atoms with van der Waals surface area (Å²) in [5.41, 5.74) is -1.08. The van der Waals surface area contributed by atoms with Crippen molar-refractivity contribution in [2.75, 3.05) is 25.4 Å². The Morgan fingerprint density at radius 3 is 2.67 bits per heavy atom. The molecule has 0 bridgehead atoms. The van der Waals surface area contributed by atoms with E-state index >= 15 is 0 Å². The smallest absolute Gasteiger partial charge is 0.241 e. The topological polar surface area (TPSA) is 86.7 Å². The van der Waals surface area contributed by atoms with Crippen molar-refractivity contribution in [1.29, 1.82) is 0 Å². The number of nitrogens with one attached hydrogen (secondary N) is 1. The molecule has 1 aliphatic heterocycles. The predicted octanol–water partition coefficient (Wildman–Crippen LogP) is -1.48. The Morgan fingerprint density at radius 2 is 2.13 bits per heavy atom. The lowest BCUT2D eigenvalue weighted by Crippen LogP contribution is -2.63. The van der Waals surface area contributed by atoms with Crippen molar-refractivity contribution in [2.24, 2.45) is 0 Å². The molecule has 0 spiro atoms. The van der Waals surface area contributed by atoms with Gasteiger partial charge in [0.05, 0.1) is 12.4 Å². The van der Waals surface area contributed by atoms with Crippen LogP contribution < -0.4 is 5.32 Å². The molecular formula is C8H16N2O4S. The quantitative estimate of drug-likeness (QED) is 0.625. The van der Waals surface area contributed by atoms with Gasteiger partial charge in [-0.3, -0.25) is 4.79 Å². The van der Waals surface area contributed by atoms with Gasteiger partial charge in [0.2, 0.25) is 15.9 Å². The van der Waals surface area contributed by atoms with Crippen molar-refractivity contribution < 1.29 is 18.3 Å². The van der Waals surface area contributed by atoms with E-state index in [2.05, 4.69) is 5.32 Å². The summed E-state index contributed by atoms with van der Waals surface area (Å²) in [6.07, 6.45) is 0. The Hall–Kier alpha value is -0.660. The number of amides is 1. The average molecular weight is 236 g/mol. The second-order valence-electron chi connectivity index (χ2n) is 3.93. The highest BCUT2D eigenvalue weighted by Crippen LogP contribution is 2.21. The molecule has 7 heteroatoms. The summed E-state index contributed by atoms with van der Waals surface area (Å²) in [4.78, 5) is 11.5.